The Morgan fingerprint density at radius 2 is 1.25 bits per heavy atom. The third kappa shape index (κ3) is 6.02. The van der Waals surface area contributed by atoms with Crippen LogP contribution in [0.5, 0.6) is 17.2 Å². The van der Waals surface area contributed by atoms with Crippen LogP contribution < -0.4 is 19.3 Å². The number of benzene rings is 3. The third-order valence-electron chi connectivity index (χ3n) is 11.1. The SMILES string of the molecule is COc1cc(C=CC2C3=CCC4C(=O)N(c5cc(C(F)(F)F)cc(C(F)(F)F)c5)C(=O)C4C3CC3(Cl)C(=O)N(c4c(F)c(F)c(F)c(F)c4F)C(=O)C23Cl)cc(OC)c1O. The number of fused-ring (bicyclic) bond motifs is 4. The Labute approximate surface area is 339 Å². The van der Waals surface area contributed by atoms with Gasteiger partial charge in [-0.3, -0.25) is 19.2 Å². The van der Waals surface area contributed by atoms with E-state index in [0.29, 0.717) is 0 Å². The van der Waals surface area contributed by atoms with Gasteiger partial charge in [-0.1, -0.05) is 23.8 Å². The number of alkyl halides is 8. The molecule has 1 N–H and O–H groups in total. The predicted molar refractivity (Wildman–Crippen MR) is 186 cm³/mol. The van der Waals surface area contributed by atoms with E-state index in [0.717, 1.165) is 6.08 Å². The van der Waals surface area contributed by atoms with Crippen LogP contribution in [-0.2, 0) is 31.5 Å². The van der Waals surface area contributed by atoms with Crippen molar-refractivity contribution in [3.63, 3.8) is 0 Å². The number of methoxy groups -OCH3 is 2. The van der Waals surface area contributed by atoms with Gasteiger partial charge in [0.15, 0.2) is 44.5 Å². The first-order valence-electron chi connectivity index (χ1n) is 17.1. The van der Waals surface area contributed by atoms with E-state index in [1.54, 1.807) is 0 Å². The number of aromatic hydroxyl groups is 1. The third-order valence-corrected chi connectivity index (χ3v) is 12.5. The number of rotatable bonds is 6. The standard InChI is InChI=1S/C38H23Cl2F11N2O7/c1-59-21-7-13(8-22(60-2)30(21)54)3-6-20-17-4-5-18-23(32(56)52(31(18)55)16-10-14(37(46,47)48)9-15(11-16)38(49,50)51)19(17)12-35(39)33(57)53(34(58)36(20,35)40)29-27(44)25(42)24(41)26(43)28(29)45/h3-4,6-11,18-20,23,54H,5,12H2,1-2H3. The molecule has 4 amide bonds. The largest absolute Gasteiger partial charge is 0.502 e. The Balaban J connectivity index is 1.41. The van der Waals surface area contributed by atoms with Gasteiger partial charge in [0, 0.05) is 5.92 Å². The molecule has 7 rings (SSSR count). The van der Waals surface area contributed by atoms with Gasteiger partial charge in [-0.05, 0) is 54.7 Å². The van der Waals surface area contributed by atoms with Crippen LogP contribution in [-0.4, -0.2) is 52.7 Å². The number of carbonyl (C=O) groups is 4. The fourth-order valence-electron chi connectivity index (χ4n) is 8.35. The average Bonchev–Trinajstić information content (AvgIpc) is 3.53. The first-order chi connectivity index (χ1) is 27.8. The van der Waals surface area contributed by atoms with Gasteiger partial charge in [-0.2, -0.15) is 26.3 Å². The van der Waals surface area contributed by atoms with Crippen LogP contribution in [0.4, 0.5) is 59.7 Å². The Hall–Kier alpha value is -5.37. The maximum absolute atomic E-state index is 15.3. The van der Waals surface area contributed by atoms with E-state index in [1.807, 2.05) is 0 Å². The molecule has 3 aromatic rings. The van der Waals surface area contributed by atoms with Crippen molar-refractivity contribution in [3.8, 4) is 17.2 Å². The summed E-state index contributed by atoms with van der Waals surface area (Å²) in [5.41, 5.74) is -6.86. The summed E-state index contributed by atoms with van der Waals surface area (Å²) in [7, 11) is 2.35. The molecular weight excluding hydrogens is 876 g/mol. The number of imide groups is 2. The molecule has 6 unspecified atom stereocenters. The highest BCUT2D eigenvalue weighted by molar-refractivity contribution is 6.58. The monoisotopic (exact) mass is 898 g/mol. The molecule has 60 heavy (non-hydrogen) atoms. The van der Waals surface area contributed by atoms with Gasteiger partial charge < -0.3 is 14.6 Å². The highest BCUT2D eigenvalue weighted by atomic mass is 35.5. The van der Waals surface area contributed by atoms with Gasteiger partial charge in [-0.25, -0.2) is 31.8 Å². The van der Waals surface area contributed by atoms with E-state index in [4.69, 9.17) is 32.7 Å². The highest BCUT2D eigenvalue weighted by Crippen LogP contribution is 2.64. The van der Waals surface area contributed by atoms with Crippen LogP contribution in [0.2, 0.25) is 0 Å². The zero-order valence-corrected chi connectivity index (χ0v) is 31.6. The number of phenolic OH excluding ortho intramolecular Hbond substituents is 1. The summed E-state index contributed by atoms with van der Waals surface area (Å²) in [5, 5.41) is 10.4. The molecule has 2 aliphatic carbocycles. The van der Waals surface area contributed by atoms with E-state index < -0.39 is 144 Å². The van der Waals surface area contributed by atoms with Gasteiger partial charge in [0.1, 0.15) is 5.69 Å². The van der Waals surface area contributed by atoms with Crippen molar-refractivity contribution in [2.75, 3.05) is 24.0 Å². The Morgan fingerprint density at radius 1 is 0.733 bits per heavy atom. The molecule has 2 heterocycles. The summed E-state index contributed by atoms with van der Waals surface area (Å²) >= 11 is 14.0. The molecule has 6 atom stereocenters. The normalized spacial score (nSPS) is 26.8. The van der Waals surface area contributed by atoms with E-state index in [9.17, 15) is 63.8 Å². The van der Waals surface area contributed by atoms with Crippen molar-refractivity contribution < 1.29 is 82.1 Å². The van der Waals surface area contributed by atoms with Crippen LogP contribution in [0.25, 0.3) is 6.08 Å². The average molecular weight is 899 g/mol. The Kier molecular flexibility index (Phi) is 10.0. The highest BCUT2D eigenvalue weighted by Gasteiger charge is 2.76. The molecular formula is C38H23Cl2F11N2O7. The lowest BCUT2D eigenvalue weighted by Crippen LogP contribution is -2.60. The molecule has 0 radical (unpaired) electrons. The maximum Gasteiger partial charge on any atom is 0.416 e. The fourth-order valence-corrected chi connectivity index (χ4v) is 9.24. The van der Waals surface area contributed by atoms with Gasteiger partial charge in [0.05, 0.1) is 42.9 Å². The summed E-state index contributed by atoms with van der Waals surface area (Å²) < 4.78 is 167. The van der Waals surface area contributed by atoms with Crippen molar-refractivity contribution in [2.45, 2.75) is 34.9 Å². The summed E-state index contributed by atoms with van der Waals surface area (Å²) in [6.45, 7) is 0. The second kappa shape index (κ2) is 14.1. The van der Waals surface area contributed by atoms with Crippen LogP contribution in [0.15, 0.2) is 48.1 Å². The van der Waals surface area contributed by atoms with Crippen molar-refractivity contribution in [1.82, 2.24) is 0 Å². The van der Waals surface area contributed by atoms with Gasteiger partial charge in [-0.15, -0.1) is 23.2 Å². The lowest BCUT2D eigenvalue weighted by Gasteiger charge is -2.49. The predicted octanol–water partition coefficient (Wildman–Crippen LogP) is 8.46. The number of carbonyl (C=O) groups excluding carboxylic acids is 4. The second-order valence-corrected chi connectivity index (χ2v) is 15.4. The van der Waals surface area contributed by atoms with Crippen LogP contribution >= 0.6 is 23.2 Å². The van der Waals surface area contributed by atoms with Crippen LogP contribution in [0, 0.1) is 52.8 Å². The van der Waals surface area contributed by atoms with E-state index in [1.165, 1.54) is 38.5 Å². The van der Waals surface area contributed by atoms with Gasteiger partial charge in [0.2, 0.25) is 23.4 Å². The summed E-state index contributed by atoms with van der Waals surface area (Å²) in [6, 6.07) is 2.54. The van der Waals surface area contributed by atoms with Crippen molar-refractivity contribution in [3.05, 3.63) is 93.8 Å². The number of nitrogens with zero attached hydrogens (tertiary/aromatic N) is 2. The molecule has 3 aromatic carbocycles. The quantitative estimate of drug-likeness (QED) is 0.0660. The number of phenols is 1. The minimum Gasteiger partial charge on any atom is -0.502 e. The number of anilines is 2. The molecule has 0 bridgehead atoms. The van der Waals surface area contributed by atoms with Crippen molar-refractivity contribution in [2.24, 2.45) is 23.7 Å². The van der Waals surface area contributed by atoms with Crippen LogP contribution in [0.3, 0.4) is 0 Å². The molecule has 4 aliphatic rings. The smallest absolute Gasteiger partial charge is 0.416 e. The Bertz CT molecular complexity index is 2410. The molecule has 9 nitrogen and oxygen atoms in total. The number of ether oxygens (including phenoxy) is 2. The minimum atomic E-state index is -5.39. The number of allylic oxidation sites excluding steroid dienone is 3. The molecule has 22 heteroatoms. The summed E-state index contributed by atoms with van der Waals surface area (Å²) in [5.74, 6) is -26.7. The second-order valence-electron chi connectivity index (χ2n) is 14.1. The summed E-state index contributed by atoms with van der Waals surface area (Å²) in [6.07, 6.45) is -8.70. The van der Waals surface area contributed by atoms with Gasteiger partial charge >= 0.3 is 12.4 Å². The lowest BCUT2D eigenvalue weighted by atomic mass is 9.57. The number of amides is 4. The molecule has 2 saturated heterocycles. The van der Waals surface area contributed by atoms with E-state index in [2.05, 4.69) is 0 Å². The zero-order valence-electron chi connectivity index (χ0n) is 30.0. The van der Waals surface area contributed by atoms with Gasteiger partial charge in [0.25, 0.3) is 11.8 Å². The Morgan fingerprint density at radius 3 is 1.75 bits per heavy atom. The minimum absolute atomic E-state index is 0.0834. The topological polar surface area (TPSA) is 113 Å². The molecule has 3 fully saturated rings. The first-order valence-corrected chi connectivity index (χ1v) is 17.9. The molecule has 0 spiro atoms. The fraction of sp³-hybridized carbons (Fsp3) is 0.316. The maximum atomic E-state index is 15.3. The lowest BCUT2D eigenvalue weighted by molar-refractivity contribution is -0.143. The van der Waals surface area contributed by atoms with E-state index >= 15 is 8.78 Å². The van der Waals surface area contributed by atoms with Crippen LogP contribution in [0.1, 0.15) is 29.5 Å². The zero-order chi connectivity index (χ0) is 44.3. The molecule has 1 saturated carbocycles. The number of hydrogen-bond donors (Lipinski definition) is 1. The molecule has 318 valence electrons. The van der Waals surface area contributed by atoms with E-state index in [-0.39, 0.29) is 45.7 Å². The number of halogens is 13. The summed E-state index contributed by atoms with van der Waals surface area (Å²) in [4.78, 5) is 50.6. The molecule has 2 aliphatic heterocycles. The first kappa shape index (κ1) is 42.7. The number of hydrogen-bond acceptors (Lipinski definition) is 7. The van der Waals surface area contributed by atoms with Crippen molar-refractivity contribution in [1.29, 1.82) is 0 Å². The molecule has 0 aromatic heterocycles. The van der Waals surface area contributed by atoms with Crippen molar-refractivity contribution >= 4 is 64.3 Å².